The summed E-state index contributed by atoms with van der Waals surface area (Å²) in [6, 6.07) is 10.9. The van der Waals surface area contributed by atoms with Gasteiger partial charge >= 0.3 is 37.9 Å². The van der Waals surface area contributed by atoms with E-state index in [4.69, 9.17) is 17.0 Å². The number of aromatic nitrogens is 1. The van der Waals surface area contributed by atoms with Crippen molar-refractivity contribution in [2.24, 2.45) is 10.2 Å². The molecule has 0 aliphatic rings. The molecule has 0 radical (unpaired) electrons. The summed E-state index contributed by atoms with van der Waals surface area (Å²) < 4.78 is 0. The van der Waals surface area contributed by atoms with Crippen molar-refractivity contribution in [3.05, 3.63) is 48.2 Å². The molecule has 4 nitrogen and oxygen atoms in total. The van der Waals surface area contributed by atoms with Gasteiger partial charge in [0.15, 0.2) is 5.82 Å². The number of pyridine rings is 1. The molecule has 2 rings (SSSR count). The van der Waals surface area contributed by atoms with E-state index >= 15 is 0 Å². The average molecular weight is 417 g/mol. The summed E-state index contributed by atoms with van der Waals surface area (Å²) in [4.78, 5) is 4.05. The molecule has 0 bridgehead atoms. The third kappa shape index (κ3) is 6.15. The van der Waals surface area contributed by atoms with Crippen LogP contribution in [0.15, 0.2) is 52.8 Å². The summed E-state index contributed by atoms with van der Waals surface area (Å²) in [6.07, 6.45) is 1.65. The van der Waals surface area contributed by atoms with Crippen molar-refractivity contribution in [3.63, 3.8) is 0 Å². The summed E-state index contributed by atoms with van der Waals surface area (Å²) in [6.45, 7) is 6.13. The molecule has 0 aliphatic carbocycles. The number of hydrogen-bond acceptors (Lipinski definition) is 4. The molecular formula is C15H17Cl2N3OZr. The van der Waals surface area contributed by atoms with E-state index in [-0.39, 0.29) is 11.2 Å². The molecule has 1 aromatic heterocycles. The Morgan fingerprint density at radius 3 is 2.27 bits per heavy atom. The van der Waals surface area contributed by atoms with Crippen LogP contribution in [-0.4, -0.2) is 10.1 Å². The quantitative estimate of drug-likeness (QED) is 0.621. The van der Waals surface area contributed by atoms with E-state index in [1.165, 1.54) is 0 Å². The van der Waals surface area contributed by atoms with Crippen LogP contribution in [0.5, 0.6) is 5.75 Å². The Bertz CT molecular complexity index is 616. The van der Waals surface area contributed by atoms with Gasteiger partial charge in [0.2, 0.25) is 0 Å². The Morgan fingerprint density at radius 1 is 1.05 bits per heavy atom. The predicted molar refractivity (Wildman–Crippen MR) is 86.9 cm³/mol. The van der Waals surface area contributed by atoms with Crippen molar-refractivity contribution >= 4 is 28.5 Å². The van der Waals surface area contributed by atoms with Crippen LogP contribution < -0.4 is 0 Å². The van der Waals surface area contributed by atoms with E-state index in [1.807, 2.05) is 45.0 Å². The fourth-order valence-corrected chi connectivity index (χ4v) is 1.74. The molecule has 116 valence electrons. The topological polar surface area (TPSA) is 57.8 Å². The van der Waals surface area contributed by atoms with E-state index in [0.29, 0.717) is 11.5 Å². The molecule has 0 saturated carbocycles. The first-order valence-electron chi connectivity index (χ1n) is 6.51. The minimum atomic E-state index is -0.826. The molecule has 1 heterocycles. The zero-order valence-corrected chi connectivity index (χ0v) is 16.6. The Labute approximate surface area is 149 Å². The number of aromatic hydroxyl groups is 1. The summed E-state index contributed by atoms with van der Waals surface area (Å²) >= 11 is -0.826. The first kappa shape index (κ1) is 19.3. The first-order chi connectivity index (χ1) is 10.4. The molecule has 2 aromatic rings. The third-order valence-corrected chi connectivity index (χ3v) is 2.73. The fraction of sp³-hybridized carbons (Fsp3) is 0.267. The van der Waals surface area contributed by atoms with Crippen molar-refractivity contribution in [2.75, 3.05) is 0 Å². The number of halogens is 2. The second kappa shape index (κ2) is 9.39. The van der Waals surface area contributed by atoms with E-state index in [2.05, 4.69) is 15.2 Å². The van der Waals surface area contributed by atoms with E-state index in [0.717, 1.165) is 5.56 Å². The molecule has 22 heavy (non-hydrogen) atoms. The SMILES string of the molecule is CC(C)(C)c1cccc(N=Nc2ccccn2)c1O.[Cl][Zr][Cl]. The van der Waals surface area contributed by atoms with Crippen LogP contribution in [0.2, 0.25) is 0 Å². The van der Waals surface area contributed by atoms with Gasteiger partial charge in [0.1, 0.15) is 11.4 Å². The number of hydrogen-bond donors (Lipinski definition) is 1. The van der Waals surface area contributed by atoms with E-state index < -0.39 is 20.8 Å². The molecular weight excluding hydrogens is 400 g/mol. The average Bonchev–Trinajstić information content (AvgIpc) is 2.47. The van der Waals surface area contributed by atoms with Gasteiger partial charge in [-0.1, -0.05) is 39.0 Å². The van der Waals surface area contributed by atoms with Gasteiger partial charge in [-0.15, -0.1) is 10.2 Å². The minimum absolute atomic E-state index is 0.138. The molecule has 0 unspecified atom stereocenters. The molecule has 1 N–H and O–H groups in total. The predicted octanol–water partition coefficient (Wildman–Crippen LogP) is 5.88. The standard InChI is InChI=1S/C15H17N3O.2ClH.Zr/c1-15(2,3)11-7-6-8-12(14(11)19)17-18-13-9-4-5-10-16-13;;;/h4-10,19H,1-3H3;2*1H;/q;;;+2/p-2. The second-order valence-corrected chi connectivity index (χ2v) is 9.11. The van der Waals surface area contributed by atoms with Crippen molar-refractivity contribution in [3.8, 4) is 5.75 Å². The molecule has 7 heteroatoms. The molecule has 0 atom stereocenters. The number of rotatable bonds is 2. The monoisotopic (exact) mass is 415 g/mol. The zero-order chi connectivity index (χ0) is 16.6. The van der Waals surface area contributed by atoms with Gasteiger partial charge in [-0.2, -0.15) is 0 Å². The normalized spacial score (nSPS) is 11.0. The molecule has 0 amide bonds. The van der Waals surface area contributed by atoms with Crippen LogP contribution in [0, 0.1) is 0 Å². The van der Waals surface area contributed by atoms with Crippen molar-refractivity contribution < 1.29 is 26.0 Å². The van der Waals surface area contributed by atoms with Gasteiger partial charge in [-0.25, -0.2) is 4.98 Å². The summed E-state index contributed by atoms with van der Waals surface area (Å²) in [5.74, 6) is 0.692. The number of phenols is 1. The van der Waals surface area contributed by atoms with Crippen LogP contribution in [0.3, 0.4) is 0 Å². The van der Waals surface area contributed by atoms with Crippen molar-refractivity contribution in [2.45, 2.75) is 26.2 Å². The second-order valence-electron chi connectivity index (χ2n) is 5.38. The summed E-state index contributed by atoms with van der Waals surface area (Å²) in [5, 5.41) is 18.3. The Morgan fingerprint density at radius 2 is 1.73 bits per heavy atom. The number of benzene rings is 1. The summed E-state index contributed by atoms with van der Waals surface area (Å²) in [7, 11) is 9.87. The van der Waals surface area contributed by atoms with E-state index in [9.17, 15) is 5.11 Å². The van der Waals surface area contributed by atoms with Gasteiger partial charge in [0.25, 0.3) is 0 Å². The summed E-state index contributed by atoms with van der Waals surface area (Å²) in [5.41, 5.74) is 1.17. The van der Waals surface area contributed by atoms with Gasteiger partial charge in [-0.05, 0) is 23.6 Å². The third-order valence-electron chi connectivity index (χ3n) is 2.73. The Balaban J connectivity index is 0.000000745. The first-order valence-corrected chi connectivity index (χ1v) is 12.8. The van der Waals surface area contributed by atoms with Gasteiger partial charge in [0.05, 0.1) is 0 Å². The maximum atomic E-state index is 10.2. The van der Waals surface area contributed by atoms with E-state index in [1.54, 1.807) is 18.3 Å². The molecule has 0 spiro atoms. The van der Waals surface area contributed by atoms with Gasteiger partial charge < -0.3 is 5.11 Å². The Kier molecular flexibility index (Phi) is 8.23. The van der Waals surface area contributed by atoms with Crippen LogP contribution in [-0.2, 0) is 26.3 Å². The molecule has 0 saturated heterocycles. The van der Waals surface area contributed by atoms with Crippen LogP contribution >= 0.6 is 17.0 Å². The number of para-hydroxylation sites is 1. The van der Waals surface area contributed by atoms with Crippen molar-refractivity contribution in [1.82, 2.24) is 4.98 Å². The van der Waals surface area contributed by atoms with Crippen LogP contribution in [0.4, 0.5) is 11.5 Å². The van der Waals surface area contributed by atoms with Gasteiger partial charge in [0, 0.05) is 11.8 Å². The number of azo groups is 1. The molecule has 0 fully saturated rings. The van der Waals surface area contributed by atoms with Crippen LogP contribution in [0.1, 0.15) is 26.3 Å². The zero-order valence-electron chi connectivity index (χ0n) is 12.6. The maximum absolute atomic E-state index is 10.2. The molecule has 0 aliphatic heterocycles. The van der Waals surface area contributed by atoms with Crippen molar-refractivity contribution in [1.29, 1.82) is 0 Å². The molecule has 1 aromatic carbocycles. The fourth-order valence-electron chi connectivity index (χ4n) is 1.74. The number of nitrogens with zero attached hydrogens (tertiary/aromatic N) is 3. The Hall–Kier alpha value is -0.767. The van der Waals surface area contributed by atoms with Crippen LogP contribution in [0.25, 0.3) is 0 Å². The van der Waals surface area contributed by atoms with Gasteiger partial charge in [-0.3, -0.25) is 0 Å². The number of phenolic OH excluding ortho intramolecular Hbond substituents is 1.